The zero-order valence-corrected chi connectivity index (χ0v) is 10.5. The second-order valence-electron chi connectivity index (χ2n) is 3.93. The van der Waals surface area contributed by atoms with Crippen LogP contribution in [0.15, 0.2) is 18.2 Å². The number of rotatable bonds is 6. The van der Waals surface area contributed by atoms with Crippen LogP contribution in [0.2, 0.25) is 0 Å². The molecule has 0 aliphatic rings. The molecule has 0 aliphatic heterocycles. The SMILES string of the molecule is CCCNC(=O)CNc1c(C)cccc1[N+](=O)[O-]. The van der Waals surface area contributed by atoms with Crippen LogP contribution < -0.4 is 10.6 Å². The van der Waals surface area contributed by atoms with Crippen molar-refractivity contribution in [2.75, 3.05) is 18.4 Å². The number of anilines is 1. The van der Waals surface area contributed by atoms with Crippen molar-refractivity contribution in [1.29, 1.82) is 0 Å². The van der Waals surface area contributed by atoms with Crippen LogP contribution in [0.3, 0.4) is 0 Å². The number of carbonyl (C=O) groups is 1. The lowest BCUT2D eigenvalue weighted by Crippen LogP contribution is -2.30. The minimum Gasteiger partial charge on any atom is -0.370 e. The Hall–Kier alpha value is -2.11. The first kappa shape index (κ1) is 14.0. The van der Waals surface area contributed by atoms with Gasteiger partial charge in [-0.25, -0.2) is 0 Å². The molecular weight excluding hydrogens is 234 g/mol. The van der Waals surface area contributed by atoms with Gasteiger partial charge in [-0.05, 0) is 18.9 Å². The van der Waals surface area contributed by atoms with E-state index in [-0.39, 0.29) is 18.1 Å². The molecule has 0 unspecified atom stereocenters. The van der Waals surface area contributed by atoms with Gasteiger partial charge >= 0.3 is 0 Å². The molecule has 0 saturated heterocycles. The van der Waals surface area contributed by atoms with Gasteiger partial charge in [0.2, 0.25) is 5.91 Å². The summed E-state index contributed by atoms with van der Waals surface area (Å²) in [7, 11) is 0. The third-order valence-corrected chi connectivity index (χ3v) is 2.45. The van der Waals surface area contributed by atoms with E-state index in [1.807, 2.05) is 6.92 Å². The predicted molar refractivity (Wildman–Crippen MR) is 69.6 cm³/mol. The summed E-state index contributed by atoms with van der Waals surface area (Å²) in [5.74, 6) is -0.172. The van der Waals surface area contributed by atoms with Crippen LogP contribution in [0.4, 0.5) is 11.4 Å². The minimum absolute atomic E-state index is 0.0155. The molecular formula is C12H17N3O3. The Bertz CT molecular complexity index is 446. The van der Waals surface area contributed by atoms with Crippen molar-refractivity contribution in [2.45, 2.75) is 20.3 Å². The number of aryl methyl sites for hydroxylation is 1. The van der Waals surface area contributed by atoms with Crippen molar-refractivity contribution in [1.82, 2.24) is 5.32 Å². The summed E-state index contributed by atoms with van der Waals surface area (Å²) in [6, 6.07) is 4.80. The van der Waals surface area contributed by atoms with Crippen molar-refractivity contribution in [3.8, 4) is 0 Å². The van der Waals surface area contributed by atoms with E-state index in [4.69, 9.17) is 0 Å². The van der Waals surface area contributed by atoms with E-state index in [2.05, 4.69) is 10.6 Å². The molecule has 0 saturated carbocycles. The van der Waals surface area contributed by atoms with Gasteiger partial charge in [-0.1, -0.05) is 19.1 Å². The fraction of sp³-hybridized carbons (Fsp3) is 0.417. The van der Waals surface area contributed by atoms with Gasteiger partial charge in [-0.3, -0.25) is 14.9 Å². The first-order valence-electron chi connectivity index (χ1n) is 5.80. The van der Waals surface area contributed by atoms with Crippen LogP contribution in [0.1, 0.15) is 18.9 Å². The molecule has 98 valence electrons. The number of hydrogen-bond donors (Lipinski definition) is 2. The van der Waals surface area contributed by atoms with E-state index in [0.29, 0.717) is 12.2 Å². The number of carbonyl (C=O) groups excluding carboxylic acids is 1. The lowest BCUT2D eigenvalue weighted by Gasteiger charge is -2.09. The summed E-state index contributed by atoms with van der Waals surface area (Å²) < 4.78 is 0. The molecule has 0 fully saturated rings. The molecule has 1 aromatic rings. The van der Waals surface area contributed by atoms with Gasteiger partial charge < -0.3 is 10.6 Å². The first-order valence-corrected chi connectivity index (χ1v) is 5.80. The largest absolute Gasteiger partial charge is 0.370 e. The fourth-order valence-electron chi connectivity index (χ4n) is 1.53. The molecule has 0 aliphatic carbocycles. The average Bonchev–Trinajstić information content (AvgIpc) is 2.34. The molecule has 0 atom stereocenters. The third-order valence-electron chi connectivity index (χ3n) is 2.45. The summed E-state index contributed by atoms with van der Waals surface area (Å²) in [6.07, 6.45) is 0.857. The Labute approximate surface area is 106 Å². The van der Waals surface area contributed by atoms with Crippen molar-refractivity contribution in [3.63, 3.8) is 0 Å². The van der Waals surface area contributed by atoms with E-state index in [1.54, 1.807) is 19.1 Å². The number of nitro groups is 1. The van der Waals surface area contributed by atoms with E-state index in [9.17, 15) is 14.9 Å². The quantitative estimate of drug-likeness (QED) is 0.597. The van der Waals surface area contributed by atoms with Gasteiger partial charge in [0, 0.05) is 12.6 Å². The summed E-state index contributed by atoms with van der Waals surface area (Å²) in [5, 5.41) is 16.4. The van der Waals surface area contributed by atoms with Crippen molar-refractivity contribution in [3.05, 3.63) is 33.9 Å². The van der Waals surface area contributed by atoms with Gasteiger partial charge in [0.15, 0.2) is 0 Å². The van der Waals surface area contributed by atoms with Crippen LogP contribution in [0, 0.1) is 17.0 Å². The molecule has 0 aromatic heterocycles. The maximum Gasteiger partial charge on any atom is 0.292 e. The van der Waals surface area contributed by atoms with Gasteiger partial charge in [-0.2, -0.15) is 0 Å². The molecule has 0 bridgehead atoms. The molecule has 0 spiro atoms. The zero-order valence-electron chi connectivity index (χ0n) is 10.5. The summed E-state index contributed by atoms with van der Waals surface area (Å²) in [6.45, 7) is 4.36. The number of hydrogen-bond acceptors (Lipinski definition) is 4. The predicted octanol–water partition coefficient (Wildman–Crippen LogP) is 1.84. The smallest absolute Gasteiger partial charge is 0.292 e. The second-order valence-corrected chi connectivity index (χ2v) is 3.93. The second kappa shape index (κ2) is 6.58. The van der Waals surface area contributed by atoms with E-state index in [0.717, 1.165) is 12.0 Å². The minimum atomic E-state index is -0.459. The third kappa shape index (κ3) is 3.73. The molecule has 2 N–H and O–H groups in total. The highest BCUT2D eigenvalue weighted by Crippen LogP contribution is 2.27. The fourth-order valence-corrected chi connectivity index (χ4v) is 1.53. The number of nitrogens with one attached hydrogen (secondary N) is 2. The van der Waals surface area contributed by atoms with Crippen LogP contribution in [0.5, 0.6) is 0 Å². The molecule has 1 aromatic carbocycles. The Kier molecular flexibility index (Phi) is 5.10. The average molecular weight is 251 g/mol. The highest BCUT2D eigenvalue weighted by atomic mass is 16.6. The monoisotopic (exact) mass is 251 g/mol. The van der Waals surface area contributed by atoms with Gasteiger partial charge in [0.1, 0.15) is 5.69 Å². The summed E-state index contributed by atoms with van der Waals surface area (Å²) >= 11 is 0. The Morgan fingerprint density at radius 3 is 2.78 bits per heavy atom. The molecule has 6 nitrogen and oxygen atoms in total. The summed E-state index contributed by atoms with van der Waals surface area (Å²) in [5.41, 5.74) is 1.12. The normalized spacial score (nSPS) is 9.89. The van der Waals surface area contributed by atoms with E-state index < -0.39 is 4.92 Å². The van der Waals surface area contributed by atoms with Gasteiger partial charge in [-0.15, -0.1) is 0 Å². The lowest BCUT2D eigenvalue weighted by molar-refractivity contribution is -0.384. The van der Waals surface area contributed by atoms with Crippen molar-refractivity contribution in [2.24, 2.45) is 0 Å². The van der Waals surface area contributed by atoms with Crippen LogP contribution in [-0.4, -0.2) is 23.9 Å². The van der Waals surface area contributed by atoms with Gasteiger partial charge in [0.05, 0.1) is 11.5 Å². The van der Waals surface area contributed by atoms with Gasteiger partial charge in [0.25, 0.3) is 5.69 Å². The molecule has 6 heteroatoms. The Morgan fingerprint density at radius 2 is 2.17 bits per heavy atom. The summed E-state index contributed by atoms with van der Waals surface area (Å²) in [4.78, 5) is 21.8. The Morgan fingerprint density at radius 1 is 1.44 bits per heavy atom. The topological polar surface area (TPSA) is 84.3 Å². The van der Waals surface area contributed by atoms with E-state index >= 15 is 0 Å². The lowest BCUT2D eigenvalue weighted by atomic mass is 10.1. The Balaban J connectivity index is 2.72. The van der Waals surface area contributed by atoms with Crippen LogP contribution >= 0.6 is 0 Å². The number of nitro benzene ring substituents is 1. The number of benzene rings is 1. The molecule has 0 radical (unpaired) electrons. The maximum absolute atomic E-state index is 11.4. The molecule has 18 heavy (non-hydrogen) atoms. The van der Waals surface area contributed by atoms with Crippen LogP contribution in [0.25, 0.3) is 0 Å². The number of para-hydroxylation sites is 1. The van der Waals surface area contributed by atoms with E-state index in [1.165, 1.54) is 6.07 Å². The van der Waals surface area contributed by atoms with Crippen molar-refractivity contribution >= 4 is 17.3 Å². The zero-order chi connectivity index (χ0) is 13.5. The molecule has 1 amide bonds. The van der Waals surface area contributed by atoms with Crippen LogP contribution in [-0.2, 0) is 4.79 Å². The molecule has 0 heterocycles. The molecule has 1 rings (SSSR count). The number of nitrogens with zero attached hydrogens (tertiary/aromatic N) is 1. The highest BCUT2D eigenvalue weighted by molar-refractivity contribution is 5.82. The highest BCUT2D eigenvalue weighted by Gasteiger charge is 2.15. The first-order chi connectivity index (χ1) is 8.56. The standard InChI is InChI=1S/C12H17N3O3/c1-3-7-13-11(16)8-14-12-9(2)5-4-6-10(12)15(17)18/h4-6,14H,3,7-8H2,1-2H3,(H,13,16). The maximum atomic E-state index is 11.4. The number of amides is 1. The van der Waals surface area contributed by atoms with Crippen molar-refractivity contribution < 1.29 is 9.72 Å².